The van der Waals surface area contributed by atoms with Crippen molar-refractivity contribution >= 4 is 11.9 Å². The summed E-state index contributed by atoms with van der Waals surface area (Å²) in [5.74, 6) is -0.545. The summed E-state index contributed by atoms with van der Waals surface area (Å²) in [5.41, 5.74) is 0. The van der Waals surface area contributed by atoms with Crippen LogP contribution in [0.15, 0.2) is 134 Å². The Morgan fingerprint density at radius 2 is 0.758 bits per heavy atom. The van der Waals surface area contributed by atoms with Crippen molar-refractivity contribution in [1.82, 2.24) is 0 Å². The van der Waals surface area contributed by atoms with Gasteiger partial charge in [0.25, 0.3) is 0 Å². The highest BCUT2D eigenvalue weighted by molar-refractivity contribution is 5.70. The van der Waals surface area contributed by atoms with E-state index in [1.165, 1.54) is 44.9 Å². The highest BCUT2D eigenvalue weighted by atomic mass is 16.6. The Labute approximate surface area is 381 Å². The molecule has 0 aromatic rings. The predicted octanol–water partition coefficient (Wildman–Crippen LogP) is 16.8. The van der Waals surface area contributed by atoms with Crippen LogP contribution in [0.2, 0.25) is 0 Å². The first-order valence-corrected chi connectivity index (χ1v) is 24.7. The van der Waals surface area contributed by atoms with Crippen molar-refractivity contribution in [2.24, 2.45) is 0 Å². The average Bonchev–Trinajstić information content (AvgIpc) is 3.27. The summed E-state index contributed by atoms with van der Waals surface area (Å²) in [4.78, 5) is 25.3. The second kappa shape index (κ2) is 51.4. The van der Waals surface area contributed by atoms with Crippen molar-refractivity contribution < 1.29 is 23.8 Å². The summed E-state index contributed by atoms with van der Waals surface area (Å²) in [6.07, 6.45) is 73.4. The molecular weight excluding hydrogens is 765 g/mol. The van der Waals surface area contributed by atoms with E-state index in [9.17, 15) is 9.59 Å². The van der Waals surface area contributed by atoms with Crippen LogP contribution in [-0.4, -0.2) is 37.9 Å². The number of esters is 2. The SMILES string of the molecule is CC/C=C\C/C=C\C/C=C\C/C=C\C/C=C\C/C=C\CCCOCC(COC(=O)CC/C=C\C/C=C\C/C=C\C/C=C\CC)OC(=O)CCCCCCC/C=C\CCCCCC. The summed E-state index contributed by atoms with van der Waals surface area (Å²) in [5, 5.41) is 0. The molecule has 0 fully saturated rings. The van der Waals surface area contributed by atoms with Gasteiger partial charge in [-0.2, -0.15) is 0 Å². The van der Waals surface area contributed by atoms with Crippen LogP contribution in [0.3, 0.4) is 0 Å². The minimum absolute atomic E-state index is 0.0120. The number of carbonyl (C=O) groups excluding carboxylic acids is 2. The minimum Gasteiger partial charge on any atom is -0.462 e. The number of carbonyl (C=O) groups is 2. The van der Waals surface area contributed by atoms with Gasteiger partial charge in [-0.15, -0.1) is 0 Å². The fraction of sp³-hybridized carbons (Fsp3) is 0.579. The largest absolute Gasteiger partial charge is 0.462 e. The fourth-order valence-corrected chi connectivity index (χ4v) is 6.06. The van der Waals surface area contributed by atoms with Crippen LogP contribution in [0.5, 0.6) is 0 Å². The van der Waals surface area contributed by atoms with Gasteiger partial charge in [0.2, 0.25) is 0 Å². The first-order valence-electron chi connectivity index (χ1n) is 24.7. The van der Waals surface area contributed by atoms with E-state index in [1.54, 1.807) is 0 Å². The summed E-state index contributed by atoms with van der Waals surface area (Å²) in [7, 11) is 0. The highest BCUT2D eigenvalue weighted by Crippen LogP contribution is 2.11. The second-order valence-corrected chi connectivity index (χ2v) is 15.6. The average molecular weight is 855 g/mol. The normalized spacial score (nSPS) is 13.4. The van der Waals surface area contributed by atoms with E-state index in [0.717, 1.165) is 103 Å². The van der Waals surface area contributed by atoms with Crippen LogP contribution in [-0.2, 0) is 23.8 Å². The third kappa shape index (κ3) is 48.7. The van der Waals surface area contributed by atoms with Crippen molar-refractivity contribution in [3.63, 3.8) is 0 Å². The van der Waals surface area contributed by atoms with Crippen molar-refractivity contribution in [2.75, 3.05) is 19.8 Å². The number of hydrogen-bond donors (Lipinski definition) is 0. The van der Waals surface area contributed by atoms with Crippen LogP contribution in [0.4, 0.5) is 0 Å². The second-order valence-electron chi connectivity index (χ2n) is 15.6. The van der Waals surface area contributed by atoms with Gasteiger partial charge in [-0.25, -0.2) is 0 Å². The zero-order valence-electron chi connectivity index (χ0n) is 39.8. The van der Waals surface area contributed by atoms with E-state index in [2.05, 4.69) is 148 Å². The van der Waals surface area contributed by atoms with E-state index < -0.39 is 6.10 Å². The van der Waals surface area contributed by atoms with Crippen molar-refractivity contribution in [2.45, 2.75) is 194 Å². The van der Waals surface area contributed by atoms with Gasteiger partial charge in [-0.05, 0) is 116 Å². The lowest BCUT2D eigenvalue weighted by Crippen LogP contribution is -2.30. The quantitative estimate of drug-likeness (QED) is 0.0347. The molecule has 0 saturated carbocycles. The van der Waals surface area contributed by atoms with Crippen LogP contribution >= 0.6 is 0 Å². The maximum Gasteiger partial charge on any atom is 0.306 e. The summed E-state index contributed by atoms with van der Waals surface area (Å²) in [6, 6.07) is 0. The lowest BCUT2D eigenvalue weighted by molar-refractivity contribution is -0.162. The molecule has 5 nitrogen and oxygen atoms in total. The van der Waals surface area contributed by atoms with Crippen LogP contribution in [0.25, 0.3) is 0 Å². The predicted molar refractivity (Wildman–Crippen MR) is 269 cm³/mol. The van der Waals surface area contributed by atoms with Gasteiger partial charge in [0.15, 0.2) is 6.10 Å². The molecule has 0 aromatic heterocycles. The maximum atomic E-state index is 12.8. The molecule has 0 aromatic carbocycles. The van der Waals surface area contributed by atoms with Gasteiger partial charge in [-0.3, -0.25) is 9.59 Å². The molecule has 348 valence electrons. The molecule has 0 spiro atoms. The summed E-state index contributed by atoms with van der Waals surface area (Å²) >= 11 is 0. The molecule has 0 bridgehead atoms. The van der Waals surface area contributed by atoms with Crippen molar-refractivity contribution in [1.29, 1.82) is 0 Å². The molecule has 5 heteroatoms. The van der Waals surface area contributed by atoms with E-state index >= 15 is 0 Å². The Hall–Kier alpha value is -3.96. The Morgan fingerprint density at radius 3 is 1.24 bits per heavy atom. The molecule has 1 atom stereocenters. The van der Waals surface area contributed by atoms with Gasteiger partial charge in [-0.1, -0.05) is 193 Å². The van der Waals surface area contributed by atoms with Crippen LogP contribution < -0.4 is 0 Å². The highest BCUT2D eigenvalue weighted by Gasteiger charge is 2.17. The molecular formula is C57H90O5. The van der Waals surface area contributed by atoms with Crippen LogP contribution in [0, 0.1) is 0 Å². The molecule has 0 saturated heterocycles. The third-order valence-electron chi connectivity index (χ3n) is 9.66. The van der Waals surface area contributed by atoms with Crippen LogP contribution in [0.1, 0.15) is 188 Å². The Balaban J connectivity index is 4.49. The molecule has 0 amide bonds. The minimum atomic E-state index is -0.608. The fourth-order valence-electron chi connectivity index (χ4n) is 6.06. The van der Waals surface area contributed by atoms with Crippen molar-refractivity contribution in [3.8, 4) is 0 Å². The molecule has 1 unspecified atom stereocenters. The topological polar surface area (TPSA) is 61.8 Å². The summed E-state index contributed by atoms with van der Waals surface area (Å²) < 4.78 is 17.2. The van der Waals surface area contributed by atoms with Gasteiger partial charge < -0.3 is 14.2 Å². The number of unbranched alkanes of at least 4 members (excludes halogenated alkanes) is 10. The molecule has 0 aliphatic rings. The zero-order valence-corrected chi connectivity index (χ0v) is 39.8. The molecule has 0 aliphatic carbocycles. The smallest absolute Gasteiger partial charge is 0.306 e. The van der Waals surface area contributed by atoms with E-state index in [4.69, 9.17) is 14.2 Å². The lowest BCUT2D eigenvalue weighted by Gasteiger charge is -2.18. The Bertz CT molecular complexity index is 1330. The number of rotatable bonds is 43. The third-order valence-corrected chi connectivity index (χ3v) is 9.66. The number of ether oxygens (including phenoxy) is 3. The first-order chi connectivity index (χ1) is 30.6. The Kier molecular flexibility index (Phi) is 48.1. The molecule has 0 heterocycles. The van der Waals surface area contributed by atoms with Gasteiger partial charge in [0, 0.05) is 19.4 Å². The molecule has 0 N–H and O–H groups in total. The van der Waals surface area contributed by atoms with E-state index in [-0.39, 0.29) is 31.6 Å². The lowest BCUT2D eigenvalue weighted by atomic mass is 10.1. The van der Waals surface area contributed by atoms with E-state index in [0.29, 0.717) is 19.4 Å². The van der Waals surface area contributed by atoms with Crippen molar-refractivity contribution in [3.05, 3.63) is 134 Å². The van der Waals surface area contributed by atoms with Gasteiger partial charge >= 0.3 is 11.9 Å². The molecule has 0 radical (unpaired) electrons. The molecule has 0 rings (SSSR count). The maximum absolute atomic E-state index is 12.8. The standard InChI is InChI=1S/C57H90O5/c1-4-7-10-13-16-19-22-25-26-27-28-29-30-31-34-37-40-43-46-49-52-60-53-55(62-57(59)51-48-45-42-39-36-33-24-21-18-15-12-9-6-3)54-61-56(58)50-47-44-41-38-35-32-23-20-17-14-11-8-5-2/h7-8,10-11,16-17,19-21,24-26,28-29,31-32,34-35,40-41,43-44,55H,4-6,9,12-15,18,22-23,27,30,33,36-39,42,45-54H2,1-3H3/b10-7-,11-8-,19-16-,20-17-,24-21-,26-25-,29-28-,34-31-,35-32-,43-40-,44-41-. The number of allylic oxidation sites excluding steroid dienone is 22. The van der Waals surface area contributed by atoms with Gasteiger partial charge in [0.05, 0.1) is 6.61 Å². The monoisotopic (exact) mass is 855 g/mol. The Morgan fingerprint density at radius 1 is 0.371 bits per heavy atom. The molecule has 62 heavy (non-hydrogen) atoms. The van der Waals surface area contributed by atoms with E-state index in [1.807, 2.05) is 6.08 Å². The van der Waals surface area contributed by atoms with Gasteiger partial charge in [0.1, 0.15) is 6.61 Å². The molecule has 0 aliphatic heterocycles. The zero-order chi connectivity index (χ0) is 44.9. The first kappa shape index (κ1) is 58.0. The summed E-state index contributed by atoms with van der Waals surface area (Å²) in [6.45, 7) is 7.32. The number of hydrogen-bond acceptors (Lipinski definition) is 5.